The zero-order valence-electron chi connectivity index (χ0n) is 10.8. The summed E-state index contributed by atoms with van der Waals surface area (Å²) < 4.78 is 0. The monoisotopic (exact) mass is 263 g/mol. The van der Waals surface area contributed by atoms with Crippen LogP contribution in [0.1, 0.15) is 30.1 Å². The summed E-state index contributed by atoms with van der Waals surface area (Å²) in [4.78, 5) is 39.1. The summed E-state index contributed by atoms with van der Waals surface area (Å²) in [5.41, 5.74) is -0.172. The van der Waals surface area contributed by atoms with Crippen LogP contribution in [0.2, 0.25) is 0 Å². The van der Waals surface area contributed by atoms with Gasteiger partial charge in [0.1, 0.15) is 5.56 Å². The van der Waals surface area contributed by atoms with Crippen LogP contribution in [0, 0.1) is 0 Å². The Morgan fingerprint density at radius 2 is 2.05 bits per heavy atom. The van der Waals surface area contributed by atoms with Crippen LogP contribution in [0.3, 0.4) is 0 Å². The molecule has 1 aliphatic rings. The predicted octanol–water partition coefficient (Wildman–Crippen LogP) is 0.116. The molecule has 2 amide bonds. The van der Waals surface area contributed by atoms with Crippen LogP contribution < -0.4 is 10.7 Å². The van der Waals surface area contributed by atoms with E-state index < -0.39 is 0 Å². The van der Waals surface area contributed by atoms with Crippen molar-refractivity contribution in [3.63, 3.8) is 0 Å². The van der Waals surface area contributed by atoms with E-state index >= 15 is 0 Å². The van der Waals surface area contributed by atoms with Crippen LogP contribution in [-0.2, 0) is 4.79 Å². The zero-order valence-corrected chi connectivity index (χ0v) is 10.8. The number of carbonyl (C=O) groups excluding carboxylic acids is 2. The van der Waals surface area contributed by atoms with Crippen LogP contribution in [0.25, 0.3) is 0 Å². The molecule has 2 N–H and O–H groups in total. The van der Waals surface area contributed by atoms with E-state index in [-0.39, 0.29) is 28.8 Å². The van der Waals surface area contributed by atoms with E-state index in [1.165, 1.54) is 18.5 Å². The number of H-pyrrole nitrogens is 1. The van der Waals surface area contributed by atoms with Gasteiger partial charge in [-0.15, -0.1) is 0 Å². The molecule has 0 atom stereocenters. The summed E-state index contributed by atoms with van der Waals surface area (Å²) in [5.74, 6) is -0.299. The minimum absolute atomic E-state index is 0.0164. The topological polar surface area (TPSA) is 82.3 Å². The number of likely N-dealkylation sites (tertiary alicyclic amines) is 1. The molecule has 2 heterocycles. The van der Waals surface area contributed by atoms with Crippen LogP contribution in [-0.4, -0.2) is 40.8 Å². The second-order valence-corrected chi connectivity index (χ2v) is 4.68. The quantitative estimate of drug-likeness (QED) is 0.795. The zero-order chi connectivity index (χ0) is 13.8. The van der Waals surface area contributed by atoms with Gasteiger partial charge in [0.15, 0.2) is 5.43 Å². The fraction of sp³-hybridized carbons (Fsp3) is 0.462. The van der Waals surface area contributed by atoms with Gasteiger partial charge in [-0.05, 0) is 12.8 Å². The third-order valence-corrected chi connectivity index (χ3v) is 3.34. The van der Waals surface area contributed by atoms with Gasteiger partial charge >= 0.3 is 0 Å². The molecule has 0 spiro atoms. The van der Waals surface area contributed by atoms with Gasteiger partial charge in [-0.25, -0.2) is 0 Å². The number of nitrogens with zero attached hydrogens (tertiary/aromatic N) is 1. The molecule has 6 nitrogen and oxygen atoms in total. The highest BCUT2D eigenvalue weighted by Gasteiger charge is 2.22. The van der Waals surface area contributed by atoms with Crippen molar-refractivity contribution < 1.29 is 9.59 Å². The Balaban J connectivity index is 1.93. The first-order chi connectivity index (χ1) is 9.08. The molecule has 1 fully saturated rings. The predicted molar refractivity (Wildman–Crippen MR) is 69.8 cm³/mol. The summed E-state index contributed by atoms with van der Waals surface area (Å²) in [7, 11) is 0. The van der Waals surface area contributed by atoms with Crippen molar-refractivity contribution in [3.05, 3.63) is 34.2 Å². The first-order valence-corrected chi connectivity index (χ1v) is 6.31. The smallest absolute Gasteiger partial charge is 0.256 e. The van der Waals surface area contributed by atoms with Gasteiger partial charge in [-0.1, -0.05) is 0 Å². The Labute approximate surface area is 110 Å². The number of aromatic nitrogens is 1. The number of rotatable bonds is 2. The second kappa shape index (κ2) is 5.69. The number of amides is 2. The second-order valence-electron chi connectivity index (χ2n) is 4.68. The largest absolute Gasteiger partial charge is 0.367 e. The van der Waals surface area contributed by atoms with Crippen LogP contribution in [0.4, 0.5) is 0 Å². The summed E-state index contributed by atoms with van der Waals surface area (Å²) in [6.07, 6.45) is 4.33. The average molecular weight is 263 g/mol. The molecule has 1 aromatic rings. The molecule has 1 aliphatic heterocycles. The third-order valence-electron chi connectivity index (χ3n) is 3.34. The number of piperidine rings is 1. The highest BCUT2D eigenvalue weighted by atomic mass is 16.2. The van der Waals surface area contributed by atoms with Crippen LogP contribution in [0.15, 0.2) is 23.3 Å². The molecular formula is C13H17N3O3. The normalized spacial score (nSPS) is 16.2. The van der Waals surface area contributed by atoms with Crippen LogP contribution >= 0.6 is 0 Å². The molecule has 1 saturated heterocycles. The number of aromatic amines is 1. The van der Waals surface area contributed by atoms with Gasteiger partial charge in [-0.3, -0.25) is 14.4 Å². The highest BCUT2D eigenvalue weighted by Crippen LogP contribution is 2.10. The van der Waals surface area contributed by atoms with E-state index in [2.05, 4.69) is 10.3 Å². The fourth-order valence-corrected chi connectivity index (χ4v) is 2.20. The van der Waals surface area contributed by atoms with E-state index in [0.717, 1.165) is 12.8 Å². The molecule has 0 unspecified atom stereocenters. The Morgan fingerprint density at radius 1 is 1.37 bits per heavy atom. The molecule has 19 heavy (non-hydrogen) atoms. The number of hydrogen-bond acceptors (Lipinski definition) is 3. The number of nitrogens with one attached hydrogen (secondary N) is 2. The van der Waals surface area contributed by atoms with Gasteiger partial charge in [0, 0.05) is 44.5 Å². The van der Waals surface area contributed by atoms with Gasteiger partial charge in [0.25, 0.3) is 5.91 Å². The summed E-state index contributed by atoms with van der Waals surface area (Å²) >= 11 is 0. The van der Waals surface area contributed by atoms with Crippen molar-refractivity contribution in [2.75, 3.05) is 13.1 Å². The van der Waals surface area contributed by atoms with Crippen molar-refractivity contribution in [1.29, 1.82) is 0 Å². The third kappa shape index (κ3) is 3.21. The molecule has 0 aromatic carbocycles. The SMILES string of the molecule is CC(=O)N1CCC(NC(=O)c2c[nH]ccc2=O)CC1. The highest BCUT2D eigenvalue weighted by molar-refractivity contribution is 5.93. The van der Waals surface area contributed by atoms with Crippen molar-refractivity contribution in [2.24, 2.45) is 0 Å². The number of carbonyl (C=O) groups is 2. The first-order valence-electron chi connectivity index (χ1n) is 6.31. The molecule has 0 bridgehead atoms. The van der Waals surface area contributed by atoms with E-state index in [1.807, 2.05) is 0 Å². The van der Waals surface area contributed by atoms with Gasteiger partial charge < -0.3 is 15.2 Å². The average Bonchev–Trinajstić information content (AvgIpc) is 2.39. The van der Waals surface area contributed by atoms with Gasteiger partial charge in [0.2, 0.25) is 5.91 Å². The molecule has 2 rings (SSSR count). The van der Waals surface area contributed by atoms with E-state index in [0.29, 0.717) is 13.1 Å². The van der Waals surface area contributed by atoms with E-state index in [4.69, 9.17) is 0 Å². The molecule has 0 saturated carbocycles. The molecule has 1 aromatic heterocycles. The lowest BCUT2D eigenvalue weighted by Gasteiger charge is -2.31. The standard InChI is InChI=1S/C13H17N3O3/c1-9(17)16-6-3-10(4-7-16)15-13(19)11-8-14-5-2-12(11)18/h2,5,8,10H,3-4,6-7H2,1H3,(H,14,18)(H,15,19). The first kappa shape index (κ1) is 13.3. The summed E-state index contributed by atoms with van der Waals surface area (Å²) in [6.45, 7) is 2.83. The van der Waals surface area contributed by atoms with E-state index in [9.17, 15) is 14.4 Å². The molecule has 102 valence electrons. The minimum Gasteiger partial charge on any atom is -0.367 e. The molecular weight excluding hydrogens is 246 g/mol. The lowest BCUT2D eigenvalue weighted by atomic mass is 10.0. The Morgan fingerprint density at radius 3 is 2.63 bits per heavy atom. The maximum atomic E-state index is 11.9. The minimum atomic E-state index is -0.358. The summed E-state index contributed by atoms with van der Waals surface area (Å²) in [6, 6.07) is 1.34. The maximum Gasteiger partial charge on any atom is 0.256 e. The van der Waals surface area contributed by atoms with E-state index in [1.54, 1.807) is 11.8 Å². The molecule has 0 aliphatic carbocycles. The molecule has 6 heteroatoms. The van der Waals surface area contributed by atoms with Crippen molar-refractivity contribution in [2.45, 2.75) is 25.8 Å². The maximum absolute atomic E-state index is 11.9. The Kier molecular flexibility index (Phi) is 3.99. The van der Waals surface area contributed by atoms with Crippen LogP contribution in [0.5, 0.6) is 0 Å². The van der Waals surface area contributed by atoms with Gasteiger partial charge in [-0.2, -0.15) is 0 Å². The summed E-state index contributed by atoms with van der Waals surface area (Å²) in [5, 5.41) is 2.84. The molecule has 0 radical (unpaired) electrons. The number of hydrogen-bond donors (Lipinski definition) is 2. The van der Waals surface area contributed by atoms with Crippen molar-refractivity contribution in [3.8, 4) is 0 Å². The van der Waals surface area contributed by atoms with Crippen molar-refractivity contribution >= 4 is 11.8 Å². The number of pyridine rings is 1. The Hall–Kier alpha value is -2.11. The lowest BCUT2D eigenvalue weighted by Crippen LogP contribution is -2.46. The van der Waals surface area contributed by atoms with Gasteiger partial charge in [0.05, 0.1) is 0 Å². The fourth-order valence-electron chi connectivity index (χ4n) is 2.20. The lowest BCUT2D eigenvalue weighted by molar-refractivity contribution is -0.129. The van der Waals surface area contributed by atoms with Crippen molar-refractivity contribution in [1.82, 2.24) is 15.2 Å². The Bertz CT molecular complexity index is 530.